The molecular formula is C15H23BrN2O. The first-order chi connectivity index (χ1) is 9.06. The number of benzene rings is 1. The minimum absolute atomic E-state index is 0.174. The quantitative estimate of drug-likeness (QED) is 0.835. The molecule has 1 amide bonds. The smallest absolute Gasteiger partial charge is 0.236 e. The van der Waals surface area contributed by atoms with Crippen LogP contribution < -0.4 is 5.32 Å². The number of hydrogen-bond donors (Lipinski definition) is 1. The van der Waals surface area contributed by atoms with Crippen LogP contribution >= 0.6 is 15.9 Å². The summed E-state index contributed by atoms with van der Waals surface area (Å²) in [6.07, 6.45) is 0.929. The molecule has 1 rings (SSSR count). The van der Waals surface area contributed by atoms with Gasteiger partial charge in [0.2, 0.25) is 5.91 Å². The second-order valence-corrected chi connectivity index (χ2v) is 5.59. The average molecular weight is 327 g/mol. The van der Waals surface area contributed by atoms with Gasteiger partial charge >= 0.3 is 0 Å². The molecule has 1 unspecified atom stereocenters. The molecule has 0 aliphatic rings. The highest BCUT2D eigenvalue weighted by atomic mass is 79.9. The highest BCUT2D eigenvalue weighted by molar-refractivity contribution is 9.10. The fraction of sp³-hybridized carbons (Fsp3) is 0.533. The molecule has 0 aliphatic heterocycles. The number of rotatable bonds is 7. The summed E-state index contributed by atoms with van der Waals surface area (Å²) in [7, 11) is 0. The van der Waals surface area contributed by atoms with E-state index < -0.39 is 0 Å². The van der Waals surface area contributed by atoms with E-state index in [-0.39, 0.29) is 5.91 Å². The number of nitrogens with zero attached hydrogens (tertiary/aromatic N) is 1. The molecule has 106 valence electrons. The van der Waals surface area contributed by atoms with Crippen molar-refractivity contribution in [2.24, 2.45) is 0 Å². The maximum absolute atomic E-state index is 11.9. The summed E-state index contributed by atoms with van der Waals surface area (Å²) in [6.45, 7) is 8.09. The van der Waals surface area contributed by atoms with Gasteiger partial charge in [-0.3, -0.25) is 4.79 Å². The lowest BCUT2D eigenvalue weighted by Gasteiger charge is -2.20. The molecule has 1 atom stereocenters. The second-order valence-electron chi connectivity index (χ2n) is 4.68. The van der Waals surface area contributed by atoms with Gasteiger partial charge in [-0.2, -0.15) is 0 Å². The van der Waals surface area contributed by atoms with Crippen LogP contribution in [0.25, 0.3) is 0 Å². The van der Waals surface area contributed by atoms with Gasteiger partial charge in [0, 0.05) is 23.6 Å². The zero-order chi connectivity index (χ0) is 14.3. The van der Waals surface area contributed by atoms with Crippen molar-refractivity contribution in [3.63, 3.8) is 0 Å². The van der Waals surface area contributed by atoms with Gasteiger partial charge in [0.25, 0.3) is 0 Å². The zero-order valence-corrected chi connectivity index (χ0v) is 13.5. The lowest BCUT2D eigenvalue weighted by Crippen LogP contribution is -2.41. The Hall–Kier alpha value is -0.870. The van der Waals surface area contributed by atoms with Gasteiger partial charge in [-0.15, -0.1) is 0 Å². The third-order valence-corrected chi connectivity index (χ3v) is 3.70. The van der Waals surface area contributed by atoms with E-state index in [4.69, 9.17) is 0 Å². The number of carbonyl (C=O) groups excluding carboxylic acids is 1. The van der Waals surface area contributed by atoms with E-state index in [1.807, 2.05) is 30.9 Å². The molecule has 0 radical (unpaired) electrons. The monoisotopic (exact) mass is 326 g/mol. The summed E-state index contributed by atoms with van der Waals surface area (Å²) in [5, 5.41) is 3.29. The van der Waals surface area contributed by atoms with E-state index >= 15 is 0 Å². The zero-order valence-electron chi connectivity index (χ0n) is 11.9. The van der Waals surface area contributed by atoms with Crippen LogP contribution in [0.15, 0.2) is 28.7 Å². The van der Waals surface area contributed by atoms with Gasteiger partial charge in [0.15, 0.2) is 0 Å². The molecule has 0 spiro atoms. The summed E-state index contributed by atoms with van der Waals surface area (Å²) in [5.41, 5.74) is 1.28. The van der Waals surface area contributed by atoms with Crippen LogP contribution in [0.1, 0.15) is 26.3 Å². The first-order valence-corrected chi connectivity index (χ1v) is 7.61. The topological polar surface area (TPSA) is 32.3 Å². The van der Waals surface area contributed by atoms with Crippen molar-refractivity contribution in [2.75, 3.05) is 19.6 Å². The molecule has 0 bridgehead atoms. The third kappa shape index (κ3) is 5.74. The molecule has 1 N–H and O–H groups in total. The van der Waals surface area contributed by atoms with Crippen molar-refractivity contribution in [3.8, 4) is 0 Å². The van der Waals surface area contributed by atoms with Crippen LogP contribution in [0.4, 0.5) is 0 Å². The third-order valence-electron chi connectivity index (χ3n) is 3.17. The Balaban J connectivity index is 2.37. The summed E-state index contributed by atoms with van der Waals surface area (Å²) in [6, 6.07) is 8.59. The minimum Gasteiger partial charge on any atom is -0.342 e. The normalized spacial score (nSPS) is 12.2. The molecule has 0 aliphatic carbocycles. The lowest BCUT2D eigenvalue weighted by molar-refractivity contribution is -0.129. The predicted octanol–water partition coefficient (Wildman–Crippen LogP) is 2.84. The number of nitrogens with one attached hydrogen (secondary N) is 1. The summed E-state index contributed by atoms with van der Waals surface area (Å²) in [4.78, 5) is 13.7. The number of amides is 1. The van der Waals surface area contributed by atoms with Gasteiger partial charge in [0.05, 0.1) is 6.54 Å². The average Bonchev–Trinajstić information content (AvgIpc) is 2.40. The first-order valence-electron chi connectivity index (χ1n) is 6.82. The Morgan fingerprint density at radius 3 is 2.37 bits per heavy atom. The minimum atomic E-state index is 0.174. The number of hydrogen-bond acceptors (Lipinski definition) is 2. The molecular weight excluding hydrogens is 304 g/mol. The number of carbonyl (C=O) groups is 1. The SMILES string of the molecule is CCN(CC)C(=O)CNC(C)Cc1ccc(Br)cc1. The van der Waals surface area contributed by atoms with Crippen molar-refractivity contribution in [2.45, 2.75) is 33.2 Å². The second kappa shape index (κ2) is 8.33. The Morgan fingerprint density at radius 2 is 1.84 bits per heavy atom. The predicted molar refractivity (Wildman–Crippen MR) is 83.2 cm³/mol. The van der Waals surface area contributed by atoms with Crippen LogP contribution in [0.5, 0.6) is 0 Å². The van der Waals surface area contributed by atoms with E-state index in [1.54, 1.807) is 0 Å². The van der Waals surface area contributed by atoms with E-state index in [2.05, 4.69) is 40.3 Å². The van der Waals surface area contributed by atoms with Crippen molar-refractivity contribution in [3.05, 3.63) is 34.3 Å². The fourth-order valence-electron chi connectivity index (χ4n) is 2.00. The van der Waals surface area contributed by atoms with E-state index in [0.29, 0.717) is 12.6 Å². The number of likely N-dealkylation sites (N-methyl/N-ethyl adjacent to an activating group) is 1. The molecule has 4 heteroatoms. The van der Waals surface area contributed by atoms with Crippen molar-refractivity contribution in [1.29, 1.82) is 0 Å². The Kier molecular flexibility index (Phi) is 7.10. The molecule has 3 nitrogen and oxygen atoms in total. The maximum atomic E-state index is 11.9. The van der Waals surface area contributed by atoms with Gasteiger partial charge in [-0.25, -0.2) is 0 Å². The van der Waals surface area contributed by atoms with Crippen LogP contribution in [-0.2, 0) is 11.2 Å². The van der Waals surface area contributed by atoms with Crippen molar-refractivity contribution in [1.82, 2.24) is 10.2 Å². The van der Waals surface area contributed by atoms with E-state index in [1.165, 1.54) is 5.56 Å². The summed E-state index contributed by atoms with van der Waals surface area (Å²) < 4.78 is 1.09. The van der Waals surface area contributed by atoms with Crippen molar-refractivity contribution < 1.29 is 4.79 Å². The fourth-order valence-corrected chi connectivity index (χ4v) is 2.26. The van der Waals surface area contributed by atoms with Gasteiger partial charge in [-0.05, 0) is 44.9 Å². The van der Waals surface area contributed by atoms with E-state index in [9.17, 15) is 4.79 Å². The van der Waals surface area contributed by atoms with Crippen molar-refractivity contribution >= 4 is 21.8 Å². The Labute approximate surface area is 124 Å². The van der Waals surface area contributed by atoms with E-state index in [0.717, 1.165) is 24.0 Å². The van der Waals surface area contributed by atoms with Crippen LogP contribution in [0, 0.1) is 0 Å². The van der Waals surface area contributed by atoms with Crippen LogP contribution in [0.2, 0.25) is 0 Å². The Bertz CT molecular complexity index is 388. The molecule has 19 heavy (non-hydrogen) atoms. The molecule has 1 aromatic rings. The highest BCUT2D eigenvalue weighted by Gasteiger charge is 2.11. The standard InChI is InChI=1S/C15H23BrN2O/c1-4-18(5-2)15(19)11-17-12(3)10-13-6-8-14(16)9-7-13/h6-9,12,17H,4-5,10-11H2,1-3H3. The summed E-state index contributed by atoms with van der Waals surface area (Å²) in [5.74, 6) is 0.174. The molecule has 0 heterocycles. The summed E-state index contributed by atoms with van der Waals surface area (Å²) >= 11 is 3.43. The van der Waals surface area contributed by atoms with Crippen LogP contribution in [0.3, 0.4) is 0 Å². The largest absolute Gasteiger partial charge is 0.342 e. The van der Waals surface area contributed by atoms with Gasteiger partial charge in [-0.1, -0.05) is 28.1 Å². The van der Waals surface area contributed by atoms with Crippen LogP contribution in [-0.4, -0.2) is 36.5 Å². The molecule has 0 saturated carbocycles. The molecule has 0 aromatic heterocycles. The first kappa shape index (κ1) is 16.2. The highest BCUT2D eigenvalue weighted by Crippen LogP contribution is 2.11. The molecule has 1 aromatic carbocycles. The maximum Gasteiger partial charge on any atom is 0.236 e. The lowest BCUT2D eigenvalue weighted by atomic mass is 10.1. The Morgan fingerprint density at radius 1 is 1.26 bits per heavy atom. The van der Waals surface area contributed by atoms with Gasteiger partial charge < -0.3 is 10.2 Å². The van der Waals surface area contributed by atoms with Gasteiger partial charge in [0.1, 0.15) is 0 Å². The molecule has 0 saturated heterocycles. The number of halogens is 1. The molecule has 0 fully saturated rings.